The fourth-order valence-corrected chi connectivity index (χ4v) is 3.24. The van der Waals surface area contributed by atoms with Gasteiger partial charge in [0.05, 0.1) is 23.9 Å². The Kier molecular flexibility index (Phi) is 7.97. The number of nitrogens with one attached hydrogen (secondary N) is 2. The molecule has 1 aromatic heterocycles. The van der Waals surface area contributed by atoms with E-state index in [9.17, 15) is 31.4 Å². The third kappa shape index (κ3) is 7.23. The van der Waals surface area contributed by atoms with E-state index in [0.29, 0.717) is 5.56 Å². The van der Waals surface area contributed by atoms with Crippen LogP contribution in [0.25, 0.3) is 11.3 Å². The normalized spacial score (nSPS) is 13.0. The van der Waals surface area contributed by atoms with Crippen molar-refractivity contribution in [1.82, 2.24) is 9.97 Å². The summed E-state index contributed by atoms with van der Waals surface area (Å²) in [7, 11) is 0. The van der Waals surface area contributed by atoms with Gasteiger partial charge in [-0.2, -0.15) is 18.2 Å². The zero-order valence-corrected chi connectivity index (χ0v) is 19.5. The quantitative estimate of drug-likeness (QED) is 0.296. The van der Waals surface area contributed by atoms with Crippen LogP contribution in [0.15, 0.2) is 48.5 Å². The van der Waals surface area contributed by atoms with Crippen molar-refractivity contribution in [2.45, 2.75) is 39.4 Å². The number of benzene rings is 2. The lowest BCUT2D eigenvalue weighted by Gasteiger charge is -2.21. The third-order valence-corrected chi connectivity index (χ3v) is 5.23. The molecule has 0 unspecified atom stereocenters. The maximum Gasteiger partial charge on any atom is 0.573 e. The Hall–Kier alpha value is -3.54. The Morgan fingerprint density at radius 1 is 0.972 bits per heavy atom. The molecule has 0 saturated carbocycles. The van der Waals surface area contributed by atoms with Crippen LogP contribution in [-0.2, 0) is 6.18 Å². The van der Waals surface area contributed by atoms with Gasteiger partial charge >= 0.3 is 12.5 Å². The highest BCUT2D eigenvalue weighted by atomic mass is 19.4. The SMILES string of the molecule is Cc1ccc(C(F)(F)F)cc1Nc1cc(-c2cccc(OC(F)(F)F)c2)nc(N[C@H](CO)C(C)C)n1. The number of anilines is 3. The van der Waals surface area contributed by atoms with Gasteiger partial charge in [-0.1, -0.05) is 32.0 Å². The Morgan fingerprint density at radius 3 is 2.31 bits per heavy atom. The fraction of sp³-hybridized carbons (Fsp3) is 0.333. The summed E-state index contributed by atoms with van der Waals surface area (Å²) in [6, 6.07) is 9.25. The molecule has 1 heterocycles. The van der Waals surface area contributed by atoms with Crippen LogP contribution in [0.3, 0.4) is 0 Å². The van der Waals surface area contributed by atoms with Gasteiger partial charge in [-0.3, -0.25) is 0 Å². The van der Waals surface area contributed by atoms with Crippen molar-refractivity contribution in [3.8, 4) is 17.0 Å². The maximum absolute atomic E-state index is 13.2. The van der Waals surface area contributed by atoms with Crippen LogP contribution in [0.4, 0.5) is 43.8 Å². The number of aromatic nitrogens is 2. The number of hydrogen-bond donors (Lipinski definition) is 3. The molecule has 0 aliphatic carbocycles. The second-order valence-electron chi connectivity index (χ2n) is 8.37. The Morgan fingerprint density at radius 2 is 1.69 bits per heavy atom. The minimum Gasteiger partial charge on any atom is -0.406 e. The molecule has 194 valence electrons. The molecule has 3 aromatic rings. The first kappa shape index (κ1) is 27.1. The molecule has 3 N–H and O–H groups in total. The van der Waals surface area contributed by atoms with Crippen LogP contribution in [0.1, 0.15) is 25.0 Å². The summed E-state index contributed by atoms with van der Waals surface area (Å²) in [6.45, 7) is 5.06. The van der Waals surface area contributed by atoms with Crippen LogP contribution in [0, 0.1) is 12.8 Å². The zero-order chi connectivity index (χ0) is 26.7. The second-order valence-corrected chi connectivity index (χ2v) is 8.37. The summed E-state index contributed by atoms with van der Waals surface area (Å²) >= 11 is 0. The minimum absolute atomic E-state index is 0.0227. The fourth-order valence-electron chi connectivity index (χ4n) is 3.24. The highest BCUT2D eigenvalue weighted by molar-refractivity contribution is 5.69. The number of aryl methyl sites for hydroxylation is 1. The summed E-state index contributed by atoms with van der Waals surface area (Å²) in [5.41, 5.74) is 0.204. The van der Waals surface area contributed by atoms with Crippen LogP contribution < -0.4 is 15.4 Å². The van der Waals surface area contributed by atoms with Gasteiger partial charge in [0.1, 0.15) is 11.6 Å². The largest absolute Gasteiger partial charge is 0.573 e. The number of nitrogens with zero attached hydrogens (tertiary/aromatic N) is 2. The molecule has 0 aliphatic rings. The third-order valence-electron chi connectivity index (χ3n) is 5.23. The summed E-state index contributed by atoms with van der Waals surface area (Å²) in [5.74, 6) is -0.387. The number of alkyl halides is 6. The number of aliphatic hydroxyl groups is 1. The van der Waals surface area contributed by atoms with Crippen LogP contribution in [0.2, 0.25) is 0 Å². The minimum atomic E-state index is -4.89. The average Bonchev–Trinajstić information content (AvgIpc) is 2.77. The van der Waals surface area contributed by atoms with Gasteiger partial charge in [0.2, 0.25) is 5.95 Å². The number of ether oxygens (including phenoxy) is 1. The van der Waals surface area contributed by atoms with E-state index >= 15 is 0 Å². The van der Waals surface area contributed by atoms with Crippen molar-refractivity contribution in [3.05, 3.63) is 59.7 Å². The monoisotopic (exact) mass is 514 g/mol. The van der Waals surface area contributed by atoms with E-state index in [1.807, 2.05) is 13.8 Å². The summed E-state index contributed by atoms with van der Waals surface area (Å²) in [4.78, 5) is 8.64. The molecule has 36 heavy (non-hydrogen) atoms. The molecule has 0 saturated heterocycles. The molecule has 0 bridgehead atoms. The molecule has 6 nitrogen and oxygen atoms in total. The molecule has 0 amide bonds. The van der Waals surface area contributed by atoms with E-state index in [-0.39, 0.29) is 41.2 Å². The lowest BCUT2D eigenvalue weighted by atomic mass is 10.1. The van der Waals surface area contributed by atoms with Crippen LogP contribution in [0.5, 0.6) is 5.75 Å². The summed E-state index contributed by atoms with van der Waals surface area (Å²) < 4.78 is 81.7. The highest BCUT2D eigenvalue weighted by Crippen LogP contribution is 2.34. The van der Waals surface area contributed by atoms with Gasteiger partial charge < -0.3 is 20.5 Å². The molecule has 0 aliphatic heterocycles. The molecule has 2 aromatic carbocycles. The number of hydrogen-bond acceptors (Lipinski definition) is 6. The Labute approximate surface area is 203 Å². The van der Waals surface area contributed by atoms with Gasteiger partial charge in [-0.05, 0) is 42.7 Å². The smallest absolute Gasteiger partial charge is 0.406 e. The zero-order valence-electron chi connectivity index (χ0n) is 19.5. The van der Waals surface area contributed by atoms with E-state index in [1.54, 1.807) is 6.92 Å². The van der Waals surface area contributed by atoms with E-state index in [2.05, 4.69) is 25.3 Å². The standard InChI is InChI=1S/C24H24F6N4O2/c1-13(2)20(12-35)33-22-32-19(15-5-4-6-17(9-15)36-24(28,29)30)11-21(34-22)31-18-10-16(23(25,26)27)8-7-14(18)3/h4-11,13,20,35H,12H2,1-3H3,(H2,31,32,33,34)/t20-/m1/s1. The molecule has 1 atom stereocenters. The lowest BCUT2D eigenvalue weighted by molar-refractivity contribution is -0.274. The first-order valence-electron chi connectivity index (χ1n) is 10.8. The van der Waals surface area contributed by atoms with Gasteiger partial charge in [0.25, 0.3) is 0 Å². The molecule has 0 fully saturated rings. The van der Waals surface area contributed by atoms with Crippen molar-refractivity contribution in [2.75, 3.05) is 17.2 Å². The first-order valence-corrected chi connectivity index (χ1v) is 10.8. The highest BCUT2D eigenvalue weighted by Gasteiger charge is 2.32. The van der Waals surface area contributed by atoms with E-state index in [0.717, 1.165) is 24.3 Å². The first-order chi connectivity index (χ1) is 16.7. The van der Waals surface area contributed by atoms with Gasteiger partial charge in [0, 0.05) is 17.3 Å². The Balaban J connectivity index is 2.06. The lowest BCUT2D eigenvalue weighted by Crippen LogP contribution is -2.30. The number of halogens is 6. The van der Waals surface area contributed by atoms with Crippen LogP contribution >= 0.6 is 0 Å². The predicted octanol–water partition coefficient (Wildman–Crippen LogP) is 6.54. The predicted molar refractivity (Wildman–Crippen MR) is 123 cm³/mol. The van der Waals surface area contributed by atoms with Crippen molar-refractivity contribution >= 4 is 17.5 Å². The number of rotatable bonds is 8. The van der Waals surface area contributed by atoms with Gasteiger partial charge in [-0.15, -0.1) is 13.2 Å². The summed E-state index contributed by atoms with van der Waals surface area (Å²) in [5, 5.41) is 15.5. The number of aliphatic hydroxyl groups excluding tert-OH is 1. The van der Waals surface area contributed by atoms with Crippen molar-refractivity contribution in [3.63, 3.8) is 0 Å². The van der Waals surface area contributed by atoms with Gasteiger partial charge in [0.15, 0.2) is 0 Å². The van der Waals surface area contributed by atoms with Crippen molar-refractivity contribution < 1.29 is 36.2 Å². The van der Waals surface area contributed by atoms with Crippen LogP contribution in [-0.4, -0.2) is 34.1 Å². The van der Waals surface area contributed by atoms with Crippen molar-refractivity contribution in [2.24, 2.45) is 5.92 Å². The topological polar surface area (TPSA) is 79.3 Å². The molecule has 12 heteroatoms. The molecule has 0 spiro atoms. The molecule has 3 rings (SSSR count). The second kappa shape index (κ2) is 10.6. The van der Waals surface area contributed by atoms with E-state index in [1.165, 1.54) is 24.3 Å². The van der Waals surface area contributed by atoms with Gasteiger partial charge in [-0.25, -0.2) is 4.98 Å². The van der Waals surface area contributed by atoms with E-state index in [4.69, 9.17) is 0 Å². The molecular weight excluding hydrogens is 490 g/mol. The van der Waals surface area contributed by atoms with E-state index < -0.39 is 29.9 Å². The molecular formula is C24H24F6N4O2. The Bertz CT molecular complexity index is 1200. The van der Waals surface area contributed by atoms with Crippen molar-refractivity contribution in [1.29, 1.82) is 0 Å². The maximum atomic E-state index is 13.2. The average molecular weight is 514 g/mol. The molecule has 0 radical (unpaired) electrons. The summed E-state index contributed by atoms with van der Waals surface area (Å²) in [6.07, 6.45) is -9.45.